The Morgan fingerprint density at radius 1 is 1.00 bits per heavy atom. The highest BCUT2D eigenvalue weighted by Crippen LogP contribution is 2.16. The van der Waals surface area contributed by atoms with Gasteiger partial charge < -0.3 is 5.21 Å². The molecule has 0 atom stereocenters. The smallest absolute Gasteiger partial charge is 0.301 e. The van der Waals surface area contributed by atoms with Gasteiger partial charge in [0.15, 0.2) is 0 Å². The molecule has 0 unspecified atom stereocenters. The van der Waals surface area contributed by atoms with Gasteiger partial charge in [-0.05, 0) is 36.4 Å². The summed E-state index contributed by atoms with van der Waals surface area (Å²) in [5, 5.41) is 18.1. The maximum Gasteiger partial charge on any atom is 0.301 e. The first-order chi connectivity index (χ1) is 9.59. The van der Waals surface area contributed by atoms with Crippen molar-refractivity contribution < 1.29 is 5.21 Å². The summed E-state index contributed by atoms with van der Waals surface area (Å²) in [6, 6.07) is 13.6. The van der Waals surface area contributed by atoms with Gasteiger partial charge in [0, 0.05) is 10.7 Å². The van der Waals surface area contributed by atoms with Gasteiger partial charge >= 0.3 is 5.56 Å². The molecule has 100 valence electrons. The predicted molar refractivity (Wildman–Crippen MR) is 75.6 cm³/mol. The Kier molecular flexibility index (Phi) is 2.84. The Labute approximate surface area is 118 Å². The number of fused-ring (bicyclic) bond motifs is 1. The lowest BCUT2D eigenvalue weighted by Gasteiger charge is -2.12. The third kappa shape index (κ3) is 1.80. The van der Waals surface area contributed by atoms with Crippen molar-refractivity contribution >= 4 is 22.6 Å². The fourth-order valence-corrected chi connectivity index (χ4v) is 2.23. The van der Waals surface area contributed by atoms with Crippen LogP contribution in [0.3, 0.4) is 0 Å². The van der Waals surface area contributed by atoms with Crippen molar-refractivity contribution in [3.63, 3.8) is 0 Å². The maximum absolute atomic E-state index is 12.3. The van der Waals surface area contributed by atoms with Gasteiger partial charge in [-0.3, -0.25) is 14.8 Å². The average molecular weight is 288 g/mol. The quantitative estimate of drug-likeness (QED) is 0.673. The van der Waals surface area contributed by atoms with E-state index in [-0.39, 0.29) is 0 Å². The molecule has 3 rings (SSSR count). The third-order valence-corrected chi connectivity index (χ3v) is 3.31. The highest BCUT2D eigenvalue weighted by atomic mass is 35.5. The number of aromatic nitrogens is 2. The molecule has 20 heavy (non-hydrogen) atoms. The zero-order valence-corrected chi connectivity index (χ0v) is 11.0. The van der Waals surface area contributed by atoms with Gasteiger partial charge in [-0.25, -0.2) is 0 Å². The minimum Gasteiger partial charge on any atom is -0.426 e. The first kappa shape index (κ1) is 12.5. The summed E-state index contributed by atoms with van der Waals surface area (Å²) in [7, 11) is 0. The Morgan fingerprint density at radius 2 is 1.60 bits per heavy atom. The Hall–Kier alpha value is -2.53. The molecular weight excluding hydrogens is 278 g/mol. The number of hydrogen-bond donors (Lipinski definition) is 2. The van der Waals surface area contributed by atoms with Crippen LogP contribution in [0.15, 0.2) is 53.3 Å². The van der Waals surface area contributed by atoms with Crippen LogP contribution in [0.2, 0.25) is 5.02 Å². The van der Waals surface area contributed by atoms with Crippen LogP contribution < -0.4 is 11.0 Å². The van der Waals surface area contributed by atoms with E-state index in [1.165, 1.54) is 4.57 Å². The molecule has 0 radical (unpaired) electrons. The first-order valence-corrected chi connectivity index (χ1v) is 6.24. The molecule has 2 aromatic carbocycles. The molecule has 1 heterocycles. The number of nitrogens with one attached hydrogen (secondary N) is 1. The minimum atomic E-state index is -0.603. The van der Waals surface area contributed by atoms with Crippen molar-refractivity contribution in [3.8, 4) is 5.69 Å². The summed E-state index contributed by atoms with van der Waals surface area (Å²) in [4.78, 5) is 12.3. The van der Waals surface area contributed by atoms with Gasteiger partial charge in [0.1, 0.15) is 5.52 Å². The minimum absolute atomic E-state index is 0.382. The lowest BCUT2D eigenvalue weighted by atomic mass is 10.2. The zero-order chi connectivity index (χ0) is 14.3. The topological polar surface area (TPSA) is 71.0 Å². The van der Waals surface area contributed by atoms with E-state index in [4.69, 9.17) is 17.0 Å². The summed E-state index contributed by atoms with van der Waals surface area (Å²) in [6.45, 7) is 0. The van der Waals surface area contributed by atoms with E-state index >= 15 is 0 Å². The van der Waals surface area contributed by atoms with Gasteiger partial charge in [-0.2, -0.15) is 4.73 Å². The monoisotopic (exact) mass is 287 g/mol. The van der Waals surface area contributed by atoms with E-state index in [0.29, 0.717) is 26.5 Å². The fourth-order valence-electron chi connectivity index (χ4n) is 2.11. The van der Waals surface area contributed by atoms with Crippen molar-refractivity contribution in [1.29, 1.82) is 5.41 Å². The molecular formula is C14H10ClN3O2. The van der Waals surface area contributed by atoms with Crippen LogP contribution in [-0.2, 0) is 0 Å². The van der Waals surface area contributed by atoms with Crippen molar-refractivity contribution in [3.05, 3.63) is 69.4 Å². The molecule has 0 aliphatic carbocycles. The van der Waals surface area contributed by atoms with Crippen LogP contribution in [0.4, 0.5) is 0 Å². The van der Waals surface area contributed by atoms with E-state index in [0.717, 1.165) is 0 Å². The molecule has 2 N–H and O–H groups in total. The van der Waals surface area contributed by atoms with Crippen molar-refractivity contribution in [1.82, 2.24) is 9.30 Å². The Balaban J connectivity index is 2.50. The lowest BCUT2D eigenvalue weighted by Crippen LogP contribution is -2.40. The molecule has 0 saturated carbocycles. The van der Waals surface area contributed by atoms with E-state index < -0.39 is 11.0 Å². The molecule has 5 nitrogen and oxygen atoms in total. The molecule has 0 aliphatic heterocycles. The van der Waals surface area contributed by atoms with Crippen LogP contribution in [0.25, 0.3) is 16.7 Å². The first-order valence-electron chi connectivity index (χ1n) is 5.86. The van der Waals surface area contributed by atoms with Crippen molar-refractivity contribution in [2.75, 3.05) is 0 Å². The van der Waals surface area contributed by atoms with Crippen LogP contribution in [-0.4, -0.2) is 14.5 Å². The van der Waals surface area contributed by atoms with Gasteiger partial charge in [0.2, 0.25) is 5.49 Å². The SMILES string of the molecule is N=c1c(=O)n(-c2ccc(Cl)cc2)c2ccccc2n1O. The number of rotatable bonds is 1. The normalized spacial score (nSPS) is 10.8. The number of benzene rings is 2. The molecule has 0 fully saturated rings. The number of nitrogens with zero attached hydrogens (tertiary/aromatic N) is 2. The predicted octanol–water partition coefficient (Wildman–Crippen LogP) is 2.16. The summed E-state index contributed by atoms with van der Waals surface area (Å²) < 4.78 is 1.96. The van der Waals surface area contributed by atoms with E-state index in [2.05, 4.69) is 0 Å². The van der Waals surface area contributed by atoms with Crippen LogP contribution in [0.5, 0.6) is 0 Å². The van der Waals surface area contributed by atoms with Crippen LogP contribution in [0.1, 0.15) is 0 Å². The number of hydrogen-bond acceptors (Lipinski definition) is 3. The number of halogens is 1. The molecule has 0 spiro atoms. The molecule has 0 amide bonds. The average Bonchev–Trinajstić information content (AvgIpc) is 2.47. The number of para-hydroxylation sites is 2. The fraction of sp³-hybridized carbons (Fsp3) is 0. The van der Waals surface area contributed by atoms with Crippen molar-refractivity contribution in [2.24, 2.45) is 0 Å². The lowest BCUT2D eigenvalue weighted by molar-refractivity contribution is 0.181. The second kappa shape index (κ2) is 4.54. The summed E-state index contributed by atoms with van der Waals surface area (Å²) in [5.74, 6) is 0. The Morgan fingerprint density at radius 3 is 2.25 bits per heavy atom. The summed E-state index contributed by atoms with van der Waals surface area (Å²) in [6.07, 6.45) is 0. The zero-order valence-electron chi connectivity index (χ0n) is 10.2. The molecule has 6 heteroatoms. The van der Waals surface area contributed by atoms with E-state index in [1.807, 2.05) is 0 Å². The van der Waals surface area contributed by atoms with Gasteiger partial charge in [0.05, 0.1) is 5.52 Å². The molecule has 0 bridgehead atoms. The van der Waals surface area contributed by atoms with E-state index in [9.17, 15) is 10.0 Å². The highest BCUT2D eigenvalue weighted by Gasteiger charge is 2.11. The van der Waals surface area contributed by atoms with Crippen molar-refractivity contribution in [2.45, 2.75) is 0 Å². The van der Waals surface area contributed by atoms with Crippen LogP contribution >= 0.6 is 11.6 Å². The maximum atomic E-state index is 12.3. The summed E-state index contributed by atoms with van der Waals surface area (Å²) in [5.41, 5.74) is 0.377. The third-order valence-electron chi connectivity index (χ3n) is 3.05. The highest BCUT2D eigenvalue weighted by molar-refractivity contribution is 6.30. The summed E-state index contributed by atoms with van der Waals surface area (Å²) >= 11 is 5.85. The second-order valence-electron chi connectivity index (χ2n) is 4.27. The van der Waals surface area contributed by atoms with Gasteiger partial charge in [0.25, 0.3) is 0 Å². The Bertz CT molecular complexity index is 910. The standard InChI is InChI=1S/C14H10ClN3O2/c15-9-5-7-10(8-6-9)17-11-3-1-2-4-12(11)18(20)13(16)14(17)19/h1-8,16,20H. The second-order valence-corrected chi connectivity index (χ2v) is 4.70. The molecule has 0 saturated heterocycles. The molecule has 3 aromatic rings. The molecule has 1 aromatic heterocycles. The van der Waals surface area contributed by atoms with Gasteiger partial charge in [-0.1, -0.05) is 23.7 Å². The van der Waals surface area contributed by atoms with E-state index in [1.54, 1.807) is 48.5 Å². The van der Waals surface area contributed by atoms with Crippen LogP contribution in [0, 0.1) is 5.41 Å². The molecule has 0 aliphatic rings. The van der Waals surface area contributed by atoms with Gasteiger partial charge in [-0.15, -0.1) is 0 Å². The largest absolute Gasteiger partial charge is 0.426 e.